The molecular weight excluding hydrogens is 238 g/mol. The Kier molecular flexibility index (Phi) is 4.29. The first-order valence-electron chi connectivity index (χ1n) is 5.65. The van der Waals surface area contributed by atoms with E-state index in [2.05, 4.69) is 29.8 Å². The number of carbonyl (C=O) groups excluding carboxylic acids is 1. The minimum atomic E-state index is 0.254. The van der Waals surface area contributed by atoms with Crippen LogP contribution in [0.3, 0.4) is 0 Å². The van der Waals surface area contributed by atoms with Crippen LogP contribution in [0.2, 0.25) is 0 Å². The van der Waals surface area contributed by atoms with Crippen molar-refractivity contribution in [3.05, 3.63) is 22.4 Å². The summed E-state index contributed by atoms with van der Waals surface area (Å²) in [6, 6.07) is 4.24. The van der Waals surface area contributed by atoms with Crippen molar-refractivity contribution in [3.63, 3.8) is 0 Å². The molecule has 0 bridgehead atoms. The Morgan fingerprint density at radius 1 is 1.69 bits per heavy atom. The van der Waals surface area contributed by atoms with Gasteiger partial charge >= 0.3 is 0 Å². The van der Waals surface area contributed by atoms with E-state index in [4.69, 9.17) is 0 Å². The Morgan fingerprint density at radius 3 is 3.12 bits per heavy atom. The van der Waals surface area contributed by atoms with Crippen LogP contribution >= 0.6 is 23.1 Å². The van der Waals surface area contributed by atoms with Gasteiger partial charge in [-0.1, -0.05) is 13.0 Å². The third-order valence-corrected chi connectivity index (χ3v) is 4.88. The molecule has 4 heteroatoms. The topological polar surface area (TPSA) is 29.1 Å². The number of amides is 1. The minimum Gasteiger partial charge on any atom is -0.355 e. The number of rotatable bonds is 6. The van der Waals surface area contributed by atoms with E-state index in [1.54, 1.807) is 11.3 Å². The lowest BCUT2D eigenvalue weighted by molar-refractivity contribution is -0.122. The highest BCUT2D eigenvalue weighted by Crippen LogP contribution is 2.37. The van der Waals surface area contributed by atoms with Gasteiger partial charge in [0.15, 0.2) is 0 Å². The lowest BCUT2D eigenvalue weighted by Crippen LogP contribution is -2.27. The van der Waals surface area contributed by atoms with E-state index in [9.17, 15) is 4.79 Å². The fourth-order valence-electron chi connectivity index (χ4n) is 1.63. The maximum absolute atomic E-state index is 11.5. The predicted molar refractivity (Wildman–Crippen MR) is 70.8 cm³/mol. The monoisotopic (exact) mass is 255 g/mol. The van der Waals surface area contributed by atoms with Crippen LogP contribution in [0.15, 0.2) is 17.5 Å². The maximum atomic E-state index is 11.5. The zero-order valence-corrected chi connectivity index (χ0v) is 11.1. The summed E-state index contributed by atoms with van der Waals surface area (Å²) in [6.45, 7) is 2.94. The molecule has 16 heavy (non-hydrogen) atoms. The van der Waals surface area contributed by atoms with E-state index in [1.165, 1.54) is 4.88 Å². The smallest absolute Gasteiger partial charge is 0.223 e. The van der Waals surface area contributed by atoms with E-state index in [-0.39, 0.29) is 5.91 Å². The molecule has 1 aliphatic rings. The second-order valence-corrected chi connectivity index (χ2v) is 6.38. The first-order chi connectivity index (χ1) is 7.77. The van der Waals surface area contributed by atoms with Crippen LogP contribution in [0.5, 0.6) is 0 Å². The molecule has 0 radical (unpaired) electrons. The van der Waals surface area contributed by atoms with Crippen LogP contribution < -0.4 is 5.32 Å². The van der Waals surface area contributed by atoms with Gasteiger partial charge in [0.25, 0.3) is 0 Å². The van der Waals surface area contributed by atoms with Gasteiger partial charge < -0.3 is 5.32 Å². The van der Waals surface area contributed by atoms with Gasteiger partial charge in [0.2, 0.25) is 5.91 Å². The zero-order valence-electron chi connectivity index (χ0n) is 9.44. The maximum Gasteiger partial charge on any atom is 0.223 e. The quantitative estimate of drug-likeness (QED) is 0.792. The standard InChI is InChI=1S/C12H17NOS2/c1-9-7-11(9)12(14)13-4-6-15-8-10-3-2-5-16-10/h2-3,5,9,11H,4,6-8H2,1H3,(H,13,14)/t9-,11-/m1/s1. The van der Waals surface area contributed by atoms with Crippen LogP contribution in [0.1, 0.15) is 18.2 Å². The van der Waals surface area contributed by atoms with E-state index in [1.807, 2.05) is 11.8 Å². The molecule has 2 rings (SSSR count). The summed E-state index contributed by atoms with van der Waals surface area (Å²) < 4.78 is 0. The van der Waals surface area contributed by atoms with E-state index >= 15 is 0 Å². The number of nitrogens with one attached hydrogen (secondary N) is 1. The average Bonchev–Trinajstić information content (AvgIpc) is 2.80. The van der Waals surface area contributed by atoms with Gasteiger partial charge in [-0.05, 0) is 23.8 Å². The van der Waals surface area contributed by atoms with Crippen LogP contribution in [-0.2, 0) is 10.5 Å². The van der Waals surface area contributed by atoms with Gasteiger partial charge in [-0.3, -0.25) is 4.79 Å². The van der Waals surface area contributed by atoms with Gasteiger partial charge in [0.05, 0.1) is 0 Å². The second-order valence-electron chi connectivity index (χ2n) is 4.24. The summed E-state index contributed by atoms with van der Waals surface area (Å²) >= 11 is 3.68. The van der Waals surface area contributed by atoms with Gasteiger partial charge in [-0.15, -0.1) is 11.3 Å². The van der Waals surface area contributed by atoms with Crippen molar-refractivity contribution in [2.45, 2.75) is 19.1 Å². The van der Waals surface area contributed by atoms with E-state index in [0.717, 1.165) is 24.5 Å². The largest absolute Gasteiger partial charge is 0.355 e. The normalized spacial score (nSPS) is 23.1. The van der Waals surface area contributed by atoms with Gasteiger partial charge in [0.1, 0.15) is 0 Å². The van der Waals surface area contributed by atoms with Crippen molar-refractivity contribution >= 4 is 29.0 Å². The van der Waals surface area contributed by atoms with Crippen molar-refractivity contribution in [1.82, 2.24) is 5.32 Å². The molecule has 1 saturated carbocycles. The Hall–Kier alpha value is -0.480. The highest BCUT2D eigenvalue weighted by atomic mass is 32.2. The zero-order chi connectivity index (χ0) is 11.4. The summed E-state index contributed by atoms with van der Waals surface area (Å²) in [5, 5.41) is 5.10. The van der Waals surface area contributed by atoms with Crippen LogP contribution in [0, 0.1) is 11.8 Å². The molecule has 0 aromatic carbocycles. The van der Waals surface area contributed by atoms with E-state index in [0.29, 0.717) is 11.8 Å². The molecule has 1 N–H and O–H groups in total. The fraction of sp³-hybridized carbons (Fsp3) is 0.583. The summed E-state index contributed by atoms with van der Waals surface area (Å²) in [5.41, 5.74) is 0. The molecule has 0 aliphatic heterocycles. The molecule has 0 spiro atoms. The summed E-state index contributed by atoms with van der Waals surface area (Å²) in [7, 11) is 0. The lowest BCUT2D eigenvalue weighted by atomic mass is 10.3. The Balaban J connectivity index is 1.50. The van der Waals surface area contributed by atoms with Crippen molar-refractivity contribution < 1.29 is 4.79 Å². The van der Waals surface area contributed by atoms with E-state index < -0.39 is 0 Å². The highest BCUT2D eigenvalue weighted by molar-refractivity contribution is 7.98. The number of thiophene rings is 1. The predicted octanol–water partition coefficient (Wildman–Crippen LogP) is 2.75. The summed E-state index contributed by atoms with van der Waals surface area (Å²) in [4.78, 5) is 12.9. The number of hydrogen-bond donors (Lipinski definition) is 1. The van der Waals surface area contributed by atoms with Gasteiger partial charge in [-0.25, -0.2) is 0 Å². The van der Waals surface area contributed by atoms with Crippen molar-refractivity contribution in [3.8, 4) is 0 Å². The number of thioether (sulfide) groups is 1. The second kappa shape index (κ2) is 5.73. The fourth-order valence-corrected chi connectivity index (χ4v) is 3.33. The average molecular weight is 255 g/mol. The lowest BCUT2D eigenvalue weighted by Gasteiger charge is -2.03. The summed E-state index contributed by atoms with van der Waals surface area (Å²) in [5.74, 6) is 3.24. The first kappa shape index (κ1) is 12.0. The van der Waals surface area contributed by atoms with Crippen molar-refractivity contribution in [1.29, 1.82) is 0 Å². The molecule has 1 fully saturated rings. The molecular formula is C12H17NOS2. The summed E-state index contributed by atoms with van der Waals surface area (Å²) in [6.07, 6.45) is 1.08. The molecule has 1 aromatic rings. The molecule has 1 aliphatic carbocycles. The first-order valence-corrected chi connectivity index (χ1v) is 7.68. The highest BCUT2D eigenvalue weighted by Gasteiger charge is 2.38. The van der Waals surface area contributed by atoms with Gasteiger partial charge in [0, 0.05) is 28.8 Å². The Bertz CT molecular complexity index is 337. The Morgan fingerprint density at radius 2 is 2.50 bits per heavy atom. The van der Waals surface area contributed by atoms with Crippen molar-refractivity contribution in [2.75, 3.05) is 12.3 Å². The molecule has 1 aromatic heterocycles. The number of hydrogen-bond acceptors (Lipinski definition) is 3. The SMILES string of the molecule is C[C@@H]1C[C@H]1C(=O)NCCSCc1cccs1. The molecule has 1 heterocycles. The molecule has 1 amide bonds. The van der Waals surface area contributed by atoms with Crippen LogP contribution in [0.4, 0.5) is 0 Å². The molecule has 2 atom stereocenters. The molecule has 0 unspecified atom stereocenters. The van der Waals surface area contributed by atoms with Crippen LogP contribution in [-0.4, -0.2) is 18.2 Å². The third-order valence-electron chi connectivity index (χ3n) is 2.82. The molecule has 88 valence electrons. The Labute approximate surface area is 105 Å². The third kappa shape index (κ3) is 3.52. The molecule has 2 nitrogen and oxygen atoms in total. The van der Waals surface area contributed by atoms with Gasteiger partial charge in [-0.2, -0.15) is 11.8 Å². The molecule has 0 saturated heterocycles. The number of carbonyl (C=O) groups is 1. The minimum absolute atomic E-state index is 0.254. The van der Waals surface area contributed by atoms with Crippen LogP contribution in [0.25, 0.3) is 0 Å². The van der Waals surface area contributed by atoms with Crippen molar-refractivity contribution in [2.24, 2.45) is 11.8 Å².